The van der Waals surface area contributed by atoms with E-state index in [1.54, 1.807) is 21.3 Å². The highest BCUT2D eigenvalue weighted by Crippen LogP contribution is 2.38. The van der Waals surface area contributed by atoms with Crippen LogP contribution in [-0.2, 0) is 27.5 Å². The van der Waals surface area contributed by atoms with E-state index in [0.29, 0.717) is 17.5 Å². The maximum atomic E-state index is 10.3. The molecule has 0 radical (unpaired) electrons. The van der Waals surface area contributed by atoms with E-state index in [4.69, 9.17) is 34.6 Å². The third-order valence-corrected chi connectivity index (χ3v) is 7.27. The highest BCUT2D eigenvalue weighted by Gasteiger charge is 2.41. The number of carbonyl (C=O) groups is 3. The zero-order valence-corrected chi connectivity index (χ0v) is 26.4. The van der Waals surface area contributed by atoms with Crippen LogP contribution >= 0.6 is 0 Å². The standard InChI is InChI=1S/C25H37N3O3.C6H8O7/c1-24(2)14-20(15-25(3,4)27-24)28(16-18-8-10-26-11-9-18)17-19-12-22(30-6)23(31-7)13-21(19)29-5;7-3(8)1-6(13,5(11)12)2-4(9)10/h8-13,20,27H,14-17H2,1-7H3;13H,1-2H2,(H,7,8)(H,9,10)(H,11,12). The number of rotatable bonds is 13. The van der Waals surface area contributed by atoms with Crippen molar-refractivity contribution in [3.8, 4) is 17.2 Å². The minimum atomic E-state index is -2.74. The molecule has 0 amide bonds. The largest absolute Gasteiger partial charge is 0.496 e. The summed E-state index contributed by atoms with van der Waals surface area (Å²) in [5.74, 6) is -2.82. The van der Waals surface area contributed by atoms with Gasteiger partial charge in [0.25, 0.3) is 0 Å². The summed E-state index contributed by atoms with van der Waals surface area (Å²) in [6.45, 7) is 10.8. The second-order valence-corrected chi connectivity index (χ2v) is 12.2. The molecule has 1 aliphatic heterocycles. The summed E-state index contributed by atoms with van der Waals surface area (Å²) in [6.07, 6.45) is 3.57. The first-order chi connectivity index (χ1) is 20.4. The van der Waals surface area contributed by atoms with Crippen molar-refractivity contribution < 1.29 is 49.0 Å². The van der Waals surface area contributed by atoms with Crippen molar-refractivity contribution in [2.75, 3.05) is 21.3 Å². The van der Waals surface area contributed by atoms with Gasteiger partial charge in [-0.05, 0) is 64.3 Å². The molecule has 0 spiro atoms. The number of aliphatic carboxylic acids is 3. The molecule has 1 fully saturated rings. The molecule has 13 nitrogen and oxygen atoms in total. The predicted octanol–water partition coefficient (Wildman–Crippen LogP) is 3.17. The first-order valence-electron chi connectivity index (χ1n) is 14.0. The van der Waals surface area contributed by atoms with E-state index in [0.717, 1.165) is 37.2 Å². The number of hydrogen-bond donors (Lipinski definition) is 5. The third kappa shape index (κ3) is 10.6. The van der Waals surface area contributed by atoms with Crippen LogP contribution in [0, 0.1) is 0 Å². The number of ether oxygens (including phenoxy) is 3. The van der Waals surface area contributed by atoms with Crippen molar-refractivity contribution in [2.45, 2.75) is 89.2 Å². The number of nitrogens with zero attached hydrogens (tertiary/aromatic N) is 2. The molecule has 1 saturated heterocycles. The van der Waals surface area contributed by atoms with Crippen LogP contribution in [0.3, 0.4) is 0 Å². The molecule has 0 atom stereocenters. The third-order valence-electron chi connectivity index (χ3n) is 7.27. The molecule has 44 heavy (non-hydrogen) atoms. The summed E-state index contributed by atoms with van der Waals surface area (Å²) in [4.78, 5) is 37.2. The van der Waals surface area contributed by atoms with E-state index in [1.807, 2.05) is 24.5 Å². The van der Waals surface area contributed by atoms with Crippen LogP contribution in [0.4, 0.5) is 0 Å². The number of pyridine rings is 1. The van der Waals surface area contributed by atoms with Crippen molar-refractivity contribution in [2.24, 2.45) is 0 Å². The molecule has 3 rings (SSSR count). The molecular weight excluding hydrogens is 574 g/mol. The second kappa shape index (κ2) is 15.2. The summed E-state index contributed by atoms with van der Waals surface area (Å²) in [6, 6.07) is 8.55. The predicted molar refractivity (Wildman–Crippen MR) is 161 cm³/mol. The minimum Gasteiger partial charge on any atom is -0.496 e. The highest BCUT2D eigenvalue weighted by atomic mass is 16.5. The maximum Gasteiger partial charge on any atom is 0.336 e. The molecule has 2 heterocycles. The van der Waals surface area contributed by atoms with Crippen molar-refractivity contribution >= 4 is 17.9 Å². The molecule has 0 aliphatic carbocycles. The van der Waals surface area contributed by atoms with Gasteiger partial charge in [0, 0.05) is 54.2 Å². The molecule has 2 aromatic rings. The quantitative estimate of drug-likeness (QED) is 0.220. The van der Waals surface area contributed by atoms with Gasteiger partial charge in [-0.2, -0.15) is 0 Å². The van der Waals surface area contributed by atoms with Crippen molar-refractivity contribution in [1.29, 1.82) is 0 Å². The maximum absolute atomic E-state index is 10.3. The Bertz CT molecular complexity index is 1250. The van der Waals surface area contributed by atoms with E-state index in [2.05, 4.69) is 55.0 Å². The lowest BCUT2D eigenvalue weighted by molar-refractivity contribution is -0.170. The van der Waals surface area contributed by atoms with E-state index < -0.39 is 36.4 Å². The zero-order valence-electron chi connectivity index (χ0n) is 26.4. The molecule has 0 saturated carbocycles. The number of methoxy groups -OCH3 is 3. The molecule has 0 bridgehead atoms. The highest BCUT2D eigenvalue weighted by molar-refractivity contribution is 5.88. The van der Waals surface area contributed by atoms with Crippen molar-refractivity contribution in [3.05, 3.63) is 47.8 Å². The van der Waals surface area contributed by atoms with Crippen LogP contribution in [0.5, 0.6) is 17.2 Å². The van der Waals surface area contributed by atoms with Gasteiger partial charge in [0.05, 0.1) is 34.2 Å². The van der Waals surface area contributed by atoms with Crippen LogP contribution in [-0.4, -0.2) is 92.3 Å². The fourth-order valence-electron chi connectivity index (χ4n) is 5.71. The molecule has 5 N–H and O–H groups in total. The Labute approximate surface area is 257 Å². The Morgan fingerprint density at radius 3 is 1.77 bits per heavy atom. The van der Waals surface area contributed by atoms with Gasteiger partial charge in [0.1, 0.15) is 5.75 Å². The van der Waals surface area contributed by atoms with Crippen LogP contribution < -0.4 is 19.5 Å². The average Bonchev–Trinajstić information content (AvgIpc) is 2.90. The lowest BCUT2D eigenvalue weighted by Crippen LogP contribution is -2.62. The van der Waals surface area contributed by atoms with Gasteiger partial charge >= 0.3 is 17.9 Å². The second-order valence-electron chi connectivity index (χ2n) is 12.2. The van der Waals surface area contributed by atoms with E-state index in [9.17, 15) is 14.4 Å². The Morgan fingerprint density at radius 2 is 1.34 bits per heavy atom. The number of aliphatic hydroxyl groups is 1. The van der Waals surface area contributed by atoms with Gasteiger partial charge in [-0.3, -0.25) is 19.5 Å². The number of hydrogen-bond acceptors (Lipinski definition) is 10. The van der Waals surface area contributed by atoms with Crippen molar-refractivity contribution in [3.63, 3.8) is 0 Å². The van der Waals surface area contributed by atoms with Gasteiger partial charge in [-0.15, -0.1) is 0 Å². The Hall–Kier alpha value is -3.94. The summed E-state index contributed by atoms with van der Waals surface area (Å²) in [5.41, 5.74) is -0.278. The normalized spacial score (nSPS) is 15.9. The van der Waals surface area contributed by atoms with Crippen LogP contribution in [0.15, 0.2) is 36.7 Å². The molecule has 1 aliphatic rings. The van der Waals surface area contributed by atoms with Gasteiger partial charge in [0.2, 0.25) is 0 Å². The summed E-state index contributed by atoms with van der Waals surface area (Å²) < 4.78 is 16.8. The Kier molecular flexibility index (Phi) is 12.5. The summed E-state index contributed by atoms with van der Waals surface area (Å²) in [5, 5.41) is 37.6. The molecule has 13 heteroatoms. The minimum absolute atomic E-state index is 0.0601. The number of carboxylic acid groups (broad SMARTS) is 3. The van der Waals surface area contributed by atoms with Crippen molar-refractivity contribution in [1.82, 2.24) is 15.2 Å². The van der Waals surface area contributed by atoms with Crippen LogP contribution in [0.25, 0.3) is 0 Å². The van der Waals surface area contributed by atoms with E-state index in [1.165, 1.54) is 5.56 Å². The Morgan fingerprint density at radius 1 is 0.864 bits per heavy atom. The Balaban J connectivity index is 0.000000439. The molecule has 0 unspecified atom stereocenters. The fourth-order valence-corrected chi connectivity index (χ4v) is 5.71. The molecular formula is C31H45N3O10. The molecule has 1 aromatic heterocycles. The number of piperidine rings is 1. The average molecular weight is 620 g/mol. The summed E-state index contributed by atoms with van der Waals surface area (Å²) >= 11 is 0. The van der Waals surface area contributed by atoms with E-state index in [-0.39, 0.29) is 11.1 Å². The molecule has 1 aromatic carbocycles. The number of benzene rings is 1. The first kappa shape index (κ1) is 36.3. The SMILES string of the molecule is COc1cc(OC)c(OC)cc1CN(Cc1ccncc1)C1CC(C)(C)NC(C)(C)C1.O=C(O)CC(O)(CC(=O)O)C(=O)O. The van der Waals surface area contributed by atoms with Gasteiger partial charge in [-0.1, -0.05) is 0 Å². The van der Waals surface area contributed by atoms with Crippen LogP contribution in [0.2, 0.25) is 0 Å². The van der Waals surface area contributed by atoms with Gasteiger partial charge in [-0.25, -0.2) is 4.79 Å². The smallest absolute Gasteiger partial charge is 0.336 e. The lowest BCUT2D eigenvalue weighted by Gasteiger charge is -2.50. The van der Waals surface area contributed by atoms with Crippen LogP contribution in [0.1, 0.15) is 64.5 Å². The van der Waals surface area contributed by atoms with Gasteiger partial charge in [0.15, 0.2) is 17.1 Å². The zero-order chi connectivity index (χ0) is 33.3. The number of aromatic nitrogens is 1. The number of nitrogens with one attached hydrogen (secondary N) is 1. The first-order valence-corrected chi connectivity index (χ1v) is 14.0. The topological polar surface area (TPSA) is 188 Å². The monoisotopic (exact) mass is 619 g/mol. The number of carboxylic acids is 3. The fraction of sp³-hybridized carbons (Fsp3) is 0.548. The molecule has 244 valence electrons. The summed E-state index contributed by atoms with van der Waals surface area (Å²) in [7, 11) is 5.02. The van der Waals surface area contributed by atoms with Gasteiger partial charge < -0.3 is 40.0 Å². The lowest BCUT2D eigenvalue weighted by atomic mass is 9.78. The van der Waals surface area contributed by atoms with E-state index >= 15 is 0 Å².